The van der Waals surface area contributed by atoms with Crippen LogP contribution in [-0.4, -0.2) is 17.5 Å². The van der Waals surface area contributed by atoms with E-state index in [4.69, 9.17) is 32.4 Å². The van der Waals surface area contributed by atoms with Gasteiger partial charge in [0.25, 0.3) is 5.91 Å². The number of carbonyl (C=O) groups excluding carboxylic acids is 1. The van der Waals surface area contributed by atoms with E-state index in [1.165, 1.54) is 0 Å². The number of aryl methyl sites for hydroxylation is 1. The molecule has 0 saturated heterocycles. The number of halogens is 2. The first-order valence-electron chi connectivity index (χ1n) is 8.83. The van der Waals surface area contributed by atoms with E-state index in [2.05, 4.69) is 10.3 Å². The predicted octanol–water partition coefficient (Wildman–Crippen LogP) is 6.13. The molecule has 0 atom stereocenters. The molecule has 0 fully saturated rings. The Bertz CT molecular complexity index is 1200. The molecule has 0 unspecified atom stereocenters. The number of amides is 1. The highest BCUT2D eigenvalue weighted by atomic mass is 35.5. The van der Waals surface area contributed by atoms with Gasteiger partial charge in [-0.3, -0.25) is 4.79 Å². The molecule has 0 spiro atoms. The van der Waals surface area contributed by atoms with Gasteiger partial charge in [-0.1, -0.05) is 29.3 Å². The van der Waals surface area contributed by atoms with Crippen molar-refractivity contribution in [2.24, 2.45) is 0 Å². The van der Waals surface area contributed by atoms with Crippen molar-refractivity contribution in [3.63, 3.8) is 0 Å². The van der Waals surface area contributed by atoms with Crippen molar-refractivity contribution < 1.29 is 13.9 Å². The summed E-state index contributed by atoms with van der Waals surface area (Å²) in [7, 11) is 0. The molecular weight excluding hydrogens is 411 g/mol. The molecule has 0 saturated carbocycles. The summed E-state index contributed by atoms with van der Waals surface area (Å²) >= 11 is 12.0. The van der Waals surface area contributed by atoms with Crippen molar-refractivity contribution in [3.8, 4) is 17.2 Å². The van der Waals surface area contributed by atoms with Crippen LogP contribution in [0.5, 0.6) is 5.75 Å². The zero-order valence-corrected chi connectivity index (χ0v) is 16.9. The Morgan fingerprint density at radius 3 is 2.69 bits per heavy atom. The van der Waals surface area contributed by atoms with Crippen LogP contribution in [0.1, 0.15) is 5.56 Å². The van der Waals surface area contributed by atoms with E-state index in [0.29, 0.717) is 38.5 Å². The summed E-state index contributed by atoms with van der Waals surface area (Å²) in [6.07, 6.45) is 0. The lowest BCUT2D eigenvalue weighted by Crippen LogP contribution is -2.20. The average Bonchev–Trinajstić information content (AvgIpc) is 3.11. The first-order valence-corrected chi connectivity index (χ1v) is 9.59. The van der Waals surface area contributed by atoms with Gasteiger partial charge in [0, 0.05) is 21.3 Å². The second-order valence-corrected chi connectivity index (χ2v) is 7.33. The fraction of sp³-hybridized carbons (Fsp3) is 0.0909. The Morgan fingerprint density at radius 1 is 1.07 bits per heavy atom. The smallest absolute Gasteiger partial charge is 0.262 e. The topological polar surface area (TPSA) is 64.4 Å². The number of nitrogens with zero attached hydrogens (tertiary/aromatic N) is 1. The van der Waals surface area contributed by atoms with Gasteiger partial charge in [-0.25, -0.2) is 4.98 Å². The monoisotopic (exact) mass is 426 g/mol. The fourth-order valence-electron chi connectivity index (χ4n) is 2.87. The predicted molar refractivity (Wildman–Crippen MR) is 115 cm³/mol. The lowest BCUT2D eigenvalue weighted by molar-refractivity contribution is -0.118. The van der Waals surface area contributed by atoms with Crippen molar-refractivity contribution >= 4 is 45.9 Å². The highest BCUT2D eigenvalue weighted by Gasteiger charge is 2.11. The van der Waals surface area contributed by atoms with Crippen molar-refractivity contribution in [3.05, 3.63) is 76.3 Å². The third kappa shape index (κ3) is 4.53. The summed E-state index contributed by atoms with van der Waals surface area (Å²) in [5.74, 6) is 0.799. The molecule has 4 aromatic rings. The van der Waals surface area contributed by atoms with Gasteiger partial charge in [-0.2, -0.15) is 0 Å². The summed E-state index contributed by atoms with van der Waals surface area (Å²) in [5.41, 5.74) is 3.50. The highest BCUT2D eigenvalue weighted by Crippen LogP contribution is 2.28. The minimum absolute atomic E-state index is 0.118. The molecule has 29 heavy (non-hydrogen) atoms. The molecule has 5 nitrogen and oxygen atoms in total. The van der Waals surface area contributed by atoms with E-state index in [9.17, 15) is 4.79 Å². The minimum Gasteiger partial charge on any atom is -0.483 e. The normalized spacial score (nSPS) is 10.9. The van der Waals surface area contributed by atoms with Crippen LogP contribution in [0.25, 0.3) is 22.6 Å². The molecule has 1 N–H and O–H groups in total. The molecule has 0 aliphatic heterocycles. The number of oxazole rings is 1. The number of aromatic nitrogens is 1. The molecule has 1 aromatic heterocycles. The zero-order chi connectivity index (χ0) is 20.4. The third-order valence-corrected chi connectivity index (χ3v) is 4.71. The van der Waals surface area contributed by atoms with E-state index in [-0.39, 0.29) is 12.5 Å². The van der Waals surface area contributed by atoms with E-state index >= 15 is 0 Å². The molecule has 0 aliphatic rings. The number of rotatable bonds is 5. The Hall–Kier alpha value is -3.02. The number of carbonyl (C=O) groups is 1. The summed E-state index contributed by atoms with van der Waals surface area (Å²) < 4.78 is 11.3. The van der Waals surface area contributed by atoms with E-state index in [1.54, 1.807) is 48.5 Å². The van der Waals surface area contributed by atoms with Gasteiger partial charge in [0.1, 0.15) is 11.3 Å². The number of anilines is 1. The maximum Gasteiger partial charge on any atom is 0.262 e. The van der Waals surface area contributed by atoms with E-state index in [1.807, 2.05) is 19.1 Å². The number of nitrogens with one attached hydrogen (secondary N) is 1. The quantitative estimate of drug-likeness (QED) is 0.416. The van der Waals surface area contributed by atoms with Gasteiger partial charge in [0.05, 0.1) is 0 Å². The van der Waals surface area contributed by atoms with E-state index in [0.717, 1.165) is 11.1 Å². The zero-order valence-electron chi connectivity index (χ0n) is 15.4. The maximum absolute atomic E-state index is 12.2. The van der Waals surface area contributed by atoms with Crippen LogP contribution in [0.4, 0.5) is 5.69 Å². The molecule has 0 radical (unpaired) electrons. The number of hydrogen-bond donors (Lipinski definition) is 1. The second kappa shape index (κ2) is 8.15. The van der Waals surface area contributed by atoms with E-state index < -0.39 is 0 Å². The Morgan fingerprint density at radius 2 is 1.90 bits per heavy atom. The van der Waals surface area contributed by atoms with Gasteiger partial charge >= 0.3 is 0 Å². The molecule has 4 rings (SSSR count). The van der Waals surface area contributed by atoms with Crippen molar-refractivity contribution in [1.29, 1.82) is 0 Å². The lowest BCUT2D eigenvalue weighted by Gasteiger charge is -2.09. The first-order chi connectivity index (χ1) is 14.0. The van der Waals surface area contributed by atoms with Crippen molar-refractivity contribution in [1.82, 2.24) is 4.98 Å². The Balaban J connectivity index is 1.46. The standard InChI is InChI=1S/C22H16Cl2N2O3/c1-13-9-16(24)5-7-19(13)28-12-21(27)25-17-6-8-20-18(11-17)26-22(29-20)14-3-2-4-15(23)10-14/h2-11H,12H2,1H3,(H,25,27). The van der Waals surface area contributed by atoms with Crippen LogP contribution in [0.2, 0.25) is 10.0 Å². The number of fused-ring (bicyclic) bond motifs is 1. The van der Waals surface area contributed by atoms with Gasteiger partial charge in [-0.05, 0) is 67.1 Å². The van der Waals surface area contributed by atoms with Gasteiger partial charge < -0.3 is 14.5 Å². The SMILES string of the molecule is Cc1cc(Cl)ccc1OCC(=O)Nc1ccc2oc(-c3cccc(Cl)c3)nc2c1. The van der Waals surface area contributed by atoms with Gasteiger partial charge in [0.2, 0.25) is 5.89 Å². The summed E-state index contributed by atoms with van der Waals surface area (Å²) in [4.78, 5) is 16.7. The Labute approximate surface area is 177 Å². The van der Waals surface area contributed by atoms with Crippen LogP contribution < -0.4 is 10.1 Å². The van der Waals surface area contributed by atoms with Crippen LogP contribution >= 0.6 is 23.2 Å². The van der Waals surface area contributed by atoms with Crippen LogP contribution in [-0.2, 0) is 4.79 Å². The third-order valence-electron chi connectivity index (χ3n) is 4.24. The fourth-order valence-corrected chi connectivity index (χ4v) is 3.28. The minimum atomic E-state index is -0.280. The summed E-state index contributed by atoms with van der Waals surface area (Å²) in [6, 6.07) is 17.8. The number of hydrogen-bond acceptors (Lipinski definition) is 4. The summed E-state index contributed by atoms with van der Waals surface area (Å²) in [6.45, 7) is 1.75. The molecule has 1 amide bonds. The molecule has 146 valence electrons. The van der Waals surface area contributed by atoms with Crippen LogP contribution in [0.15, 0.2) is 65.1 Å². The second-order valence-electron chi connectivity index (χ2n) is 6.46. The summed E-state index contributed by atoms with van der Waals surface area (Å²) in [5, 5.41) is 4.03. The lowest BCUT2D eigenvalue weighted by atomic mass is 10.2. The molecule has 7 heteroatoms. The largest absolute Gasteiger partial charge is 0.483 e. The molecule has 0 aliphatic carbocycles. The molecule has 3 aromatic carbocycles. The first kappa shape index (κ1) is 19.3. The van der Waals surface area contributed by atoms with Crippen LogP contribution in [0.3, 0.4) is 0 Å². The number of ether oxygens (including phenoxy) is 1. The highest BCUT2D eigenvalue weighted by molar-refractivity contribution is 6.31. The Kier molecular flexibility index (Phi) is 5.43. The van der Waals surface area contributed by atoms with Crippen molar-refractivity contribution in [2.75, 3.05) is 11.9 Å². The number of benzene rings is 3. The van der Waals surface area contributed by atoms with Gasteiger partial charge in [-0.15, -0.1) is 0 Å². The average molecular weight is 427 g/mol. The van der Waals surface area contributed by atoms with Gasteiger partial charge in [0.15, 0.2) is 12.2 Å². The maximum atomic E-state index is 12.2. The molecule has 1 heterocycles. The van der Waals surface area contributed by atoms with Crippen molar-refractivity contribution in [2.45, 2.75) is 6.92 Å². The van der Waals surface area contributed by atoms with Crippen LogP contribution in [0, 0.1) is 6.92 Å². The molecule has 0 bridgehead atoms. The molecular formula is C22H16Cl2N2O3.